The van der Waals surface area contributed by atoms with Gasteiger partial charge in [-0.3, -0.25) is 4.79 Å². The van der Waals surface area contributed by atoms with Crippen LogP contribution in [0.4, 0.5) is 4.39 Å². The molecule has 0 saturated heterocycles. The Labute approximate surface area is 95.8 Å². The van der Waals surface area contributed by atoms with Gasteiger partial charge in [0, 0.05) is 6.20 Å². The van der Waals surface area contributed by atoms with E-state index in [-0.39, 0.29) is 4.90 Å². The quantitative estimate of drug-likeness (QED) is 0.802. The van der Waals surface area contributed by atoms with Crippen molar-refractivity contribution in [3.05, 3.63) is 52.7 Å². The molecule has 1 aromatic carbocycles. The fourth-order valence-corrected chi connectivity index (χ4v) is 2.56. The third kappa shape index (κ3) is 2.09. The number of hydrogen-bond acceptors (Lipinski definition) is 4. The fourth-order valence-electron chi connectivity index (χ4n) is 1.28. The molecule has 1 heterocycles. The standard InChI is InChI=1S/C10H7FN2O3S/c11-7-1-3-8(4-2-7)17(15,16)9-5-6-12-13-10(9)14/h1-6H,(H,13,14). The maximum absolute atomic E-state index is 12.7. The van der Waals surface area contributed by atoms with E-state index in [4.69, 9.17) is 0 Å². The zero-order valence-electron chi connectivity index (χ0n) is 8.42. The number of hydrogen-bond donors (Lipinski definition) is 1. The van der Waals surface area contributed by atoms with Gasteiger partial charge in [0.2, 0.25) is 9.84 Å². The van der Waals surface area contributed by atoms with Crippen LogP contribution in [0, 0.1) is 5.82 Å². The minimum atomic E-state index is -3.94. The lowest BCUT2D eigenvalue weighted by Gasteiger charge is -2.02. The van der Waals surface area contributed by atoms with E-state index < -0.39 is 26.1 Å². The maximum atomic E-state index is 12.7. The van der Waals surface area contributed by atoms with E-state index in [1.807, 2.05) is 5.10 Å². The van der Waals surface area contributed by atoms with Gasteiger partial charge in [-0.2, -0.15) is 5.10 Å². The Morgan fingerprint density at radius 1 is 1.12 bits per heavy atom. The van der Waals surface area contributed by atoms with Crippen LogP contribution >= 0.6 is 0 Å². The molecule has 88 valence electrons. The van der Waals surface area contributed by atoms with Crippen LogP contribution in [0.2, 0.25) is 0 Å². The summed E-state index contributed by atoms with van der Waals surface area (Å²) in [6.45, 7) is 0. The molecule has 0 aliphatic heterocycles. The number of rotatable bonds is 2. The molecule has 0 amide bonds. The molecular weight excluding hydrogens is 247 g/mol. The van der Waals surface area contributed by atoms with Gasteiger partial charge in [-0.25, -0.2) is 17.9 Å². The van der Waals surface area contributed by atoms with Crippen molar-refractivity contribution in [2.24, 2.45) is 0 Å². The molecule has 0 unspecified atom stereocenters. The van der Waals surface area contributed by atoms with E-state index in [2.05, 4.69) is 5.10 Å². The minimum Gasteiger partial charge on any atom is -0.267 e. The highest BCUT2D eigenvalue weighted by Crippen LogP contribution is 2.17. The molecule has 7 heteroatoms. The Bertz CT molecular complexity index is 692. The van der Waals surface area contributed by atoms with Crippen molar-refractivity contribution >= 4 is 9.84 Å². The van der Waals surface area contributed by atoms with Gasteiger partial charge >= 0.3 is 0 Å². The van der Waals surface area contributed by atoms with Gasteiger partial charge in [-0.05, 0) is 30.3 Å². The van der Waals surface area contributed by atoms with Gasteiger partial charge in [0.25, 0.3) is 5.56 Å². The zero-order valence-corrected chi connectivity index (χ0v) is 9.24. The molecule has 0 aliphatic carbocycles. The van der Waals surface area contributed by atoms with Crippen molar-refractivity contribution in [2.45, 2.75) is 9.79 Å². The van der Waals surface area contributed by atoms with Crippen LogP contribution in [0.15, 0.2) is 51.1 Å². The van der Waals surface area contributed by atoms with Gasteiger partial charge in [0.05, 0.1) is 4.90 Å². The van der Waals surface area contributed by atoms with Crippen molar-refractivity contribution in [3.8, 4) is 0 Å². The summed E-state index contributed by atoms with van der Waals surface area (Å²) in [7, 11) is -3.94. The summed E-state index contributed by atoms with van der Waals surface area (Å²) in [5.74, 6) is -0.549. The Hall–Kier alpha value is -2.02. The maximum Gasteiger partial charge on any atom is 0.283 e. The number of halogens is 1. The average molecular weight is 254 g/mol. The number of aromatic amines is 1. The van der Waals surface area contributed by atoms with Gasteiger partial charge in [0.1, 0.15) is 10.7 Å². The molecule has 0 bridgehead atoms. The predicted molar refractivity (Wildman–Crippen MR) is 56.7 cm³/mol. The van der Waals surface area contributed by atoms with Crippen LogP contribution in [0.3, 0.4) is 0 Å². The molecule has 1 N–H and O–H groups in total. The third-order valence-electron chi connectivity index (χ3n) is 2.10. The third-order valence-corrected chi connectivity index (χ3v) is 3.90. The van der Waals surface area contributed by atoms with E-state index in [0.717, 1.165) is 36.5 Å². The summed E-state index contributed by atoms with van der Waals surface area (Å²) in [5.41, 5.74) is -0.808. The van der Waals surface area contributed by atoms with Crippen LogP contribution in [0.5, 0.6) is 0 Å². The highest BCUT2D eigenvalue weighted by Gasteiger charge is 2.20. The molecule has 0 saturated carbocycles. The number of nitrogens with zero attached hydrogens (tertiary/aromatic N) is 1. The Kier molecular flexibility index (Phi) is 2.76. The molecular formula is C10H7FN2O3S. The summed E-state index contributed by atoms with van der Waals surface area (Å²) in [6.07, 6.45) is 1.16. The number of H-pyrrole nitrogens is 1. The van der Waals surface area contributed by atoms with Crippen molar-refractivity contribution in [3.63, 3.8) is 0 Å². The Morgan fingerprint density at radius 2 is 1.76 bits per heavy atom. The summed E-state index contributed by atoms with van der Waals surface area (Å²) >= 11 is 0. The van der Waals surface area contributed by atoms with E-state index >= 15 is 0 Å². The number of sulfone groups is 1. The largest absolute Gasteiger partial charge is 0.283 e. The number of benzene rings is 1. The normalized spacial score (nSPS) is 11.4. The van der Waals surface area contributed by atoms with Crippen molar-refractivity contribution < 1.29 is 12.8 Å². The van der Waals surface area contributed by atoms with Gasteiger partial charge in [0.15, 0.2) is 0 Å². The van der Waals surface area contributed by atoms with Gasteiger partial charge < -0.3 is 0 Å². The molecule has 2 aromatic rings. The molecule has 0 radical (unpaired) electrons. The van der Waals surface area contributed by atoms with Gasteiger partial charge in [-0.1, -0.05) is 0 Å². The van der Waals surface area contributed by atoms with Crippen molar-refractivity contribution in [1.82, 2.24) is 10.2 Å². The van der Waals surface area contributed by atoms with E-state index in [1.165, 1.54) is 0 Å². The first-order valence-corrected chi connectivity index (χ1v) is 6.04. The van der Waals surface area contributed by atoms with Crippen LogP contribution in [-0.4, -0.2) is 18.6 Å². The molecule has 0 spiro atoms. The monoisotopic (exact) mass is 254 g/mol. The second-order valence-electron chi connectivity index (χ2n) is 3.21. The van der Waals surface area contributed by atoms with E-state index in [9.17, 15) is 17.6 Å². The van der Waals surface area contributed by atoms with E-state index in [1.54, 1.807) is 0 Å². The first-order chi connectivity index (χ1) is 8.01. The SMILES string of the molecule is O=c1[nH]nccc1S(=O)(=O)c1ccc(F)cc1. The second-order valence-corrected chi connectivity index (χ2v) is 5.13. The lowest BCUT2D eigenvalue weighted by atomic mass is 10.4. The predicted octanol–water partition coefficient (Wildman–Crippen LogP) is 0.742. The molecule has 0 atom stereocenters. The first-order valence-electron chi connectivity index (χ1n) is 4.56. The average Bonchev–Trinajstić information content (AvgIpc) is 2.30. The van der Waals surface area contributed by atoms with Crippen molar-refractivity contribution in [2.75, 3.05) is 0 Å². The molecule has 5 nitrogen and oxygen atoms in total. The first kappa shape index (κ1) is 11.5. The lowest BCUT2D eigenvalue weighted by Crippen LogP contribution is -2.18. The second kappa shape index (κ2) is 4.10. The lowest BCUT2D eigenvalue weighted by molar-refractivity contribution is 0.592. The molecule has 0 fully saturated rings. The fraction of sp³-hybridized carbons (Fsp3) is 0. The zero-order chi connectivity index (χ0) is 12.5. The summed E-state index contributed by atoms with van der Waals surface area (Å²) < 4.78 is 36.7. The Morgan fingerprint density at radius 3 is 2.35 bits per heavy atom. The number of nitrogens with one attached hydrogen (secondary N) is 1. The topological polar surface area (TPSA) is 79.9 Å². The highest BCUT2D eigenvalue weighted by molar-refractivity contribution is 7.91. The number of aromatic nitrogens is 2. The summed E-state index contributed by atoms with van der Waals surface area (Å²) in [4.78, 5) is 10.8. The van der Waals surface area contributed by atoms with Crippen molar-refractivity contribution in [1.29, 1.82) is 0 Å². The summed E-state index contributed by atoms with van der Waals surface area (Å²) in [6, 6.07) is 5.33. The Balaban J connectivity index is 2.62. The van der Waals surface area contributed by atoms with Crippen LogP contribution in [0.1, 0.15) is 0 Å². The van der Waals surface area contributed by atoms with E-state index in [0.29, 0.717) is 0 Å². The molecule has 0 aliphatic rings. The molecule has 1 aromatic heterocycles. The molecule has 2 rings (SSSR count). The molecule has 17 heavy (non-hydrogen) atoms. The highest BCUT2D eigenvalue weighted by atomic mass is 32.2. The summed E-state index contributed by atoms with van der Waals surface area (Å²) in [5, 5.41) is 5.43. The van der Waals surface area contributed by atoms with Gasteiger partial charge in [-0.15, -0.1) is 0 Å². The van der Waals surface area contributed by atoms with Crippen LogP contribution in [0.25, 0.3) is 0 Å². The van der Waals surface area contributed by atoms with Crippen LogP contribution < -0.4 is 5.56 Å². The smallest absolute Gasteiger partial charge is 0.267 e. The minimum absolute atomic E-state index is 0.143. The van der Waals surface area contributed by atoms with Crippen LogP contribution in [-0.2, 0) is 9.84 Å².